The van der Waals surface area contributed by atoms with Crippen LogP contribution in [0.1, 0.15) is 38.9 Å². The summed E-state index contributed by atoms with van der Waals surface area (Å²) in [7, 11) is 0. The van der Waals surface area contributed by atoms with E-state index < -0.39 is 0 Å². The third kappa shape index (κ3) is 3.79. The van der Waals surface area contributed by atoms with Crippen molar-refractivity contribution in [2.45, 2.75) is 45.7 Å². The van der Waals surface area contributed by atoms with Crippen molar-refractivity contribution in [1.82, 2.24) is 10.6 Å². The summed E-state index contributed by atoms with van der Waals surface area (Å²) in [5.41, 5.74) is 0. The number of furan rings is 1. The summed E-state index contributed by atoms with van der Waals surface area (Å²) in [6, 6.07) is 4.45. The van der Waals surface area contributed by atoms with E-state index in [-0.39, 0.29) is 0 Å². The second-order valence-corrected chi connectivity index (χ2v) is 4.81. The Morgan fingerprint density at radius 1 is 1.50 bits per heavy atom. The fraction of sp³-hybridized carbons (Fsp3) is 0.643. The zero-order valence-electron chi connectivity index (χ0n) is 11.3. The molecule has 1 fully saturated rings. The zero-order chi connectivity index (χ0) is 12.8. The second kappa shape index (κ2) is 6.47. The Morgan fingerprint density at radius 3 is 3.06 bits per heavy atom. The monoisotopic (exact) mass is 249 g/mol. The Labute approximate surface area is 109 Å². The lowest BCUT2D eigenvalue weighted by Crippen LogP contribution is -2.39. The third-order valence-corrected chi connectivity index (χ3v) is 3.22. The lowest BCUT2D eigenvalue weighted by Gasteiger charge is -2.10. The van der Waals surface area contributed by atoms with Gasteiger partial charge in [0.25, 0.3) is 0 Å². The van der Waals surface area contributed by atoms with Crippen LogP contribution in [0.2, 0.25) is 0 Å². The minimum atomic E-state index is 0.591. The first-order valence-electron chi connectivity index (χ1n) is 6.90. The average molecular weight is 249 g/mol. The lowest BCUT2D eigenvalue weighted by atomic mass is 10.2. The predicted molar refractivity (Wildman–Crippen MR) is 73.5 cm³/mol. The number of guanidine groups is 1. The van der Waals surface area contributed by atoms with Crippen LogP contribution < -0.4 is 10.6 Å². The molecule has 1 aromatic rings. The highest BCUT2D eigenvalue weighted by molar-refractivity contribution is 5.80. The van der Waals surface area contributed by atoms with Crippen LogP contribution in [-0.2, 0) is 6.54 Å². The quantitative estimate of drug-likeness (QED) is 0.601. The number of hydrogen-bond acceptors (Lipinski definition) is 2. The summed E-state index contributed by atoms with van der Waals surface area (Å²) in [5.74, 6) is 2.63. The van der Waals surface area contributed by atoms with Gasteiger partial charge in [-0.3, -0.25) is 0 Å². The molecule has 100 valence electrons. The van der Waals surface area contributed by atoms with E-state index in [4.69, 9.17) is 4.42 Å². The molecule has 18 heavy (non-hydrogen) atoms. The van der Waals surface area contributed by atoms with Crippen molar-refractivity contribution < 1.29 is 4.42 Å². The first-order chi connectivity index (χ1) is 8.83. The SMILES string of the molecule is CCCC1CC1NC(=NCc1ccco1)NCC. The molecular weight excluding hydrogens is 226 g/mol. The van der Waals surface area contributed by atoms with Gasteiger partial charge in [-0.15, -0.1) is 0 Å². The molecule has 4 nitrogen and oxygen atoms in total. The van der Waals surface area contributed by atoms with Gasteiger partial charge in [0.15, 0.2) is 5.96 Å². The van der Waals surface area contributed by atoms with Crippen LogP contribution in [-0.4, -0.2) is 18.5 Å². The van der Waals surface area contributed by atoms with Crippen LogP contribution in [0.3, 0.4) is 0 Å². The zero-order valence-corrected chi connectivity index (χ0v) is 11.3. The van der Waals surface area contributed by atoms with Crippen molar-refractivity contribution in [3.63, 3.8) is 0 Å². The Balaban J connectivity index is 1.82. The summed E-state index contributed by atoms with van der Waals surface area (Å²) < 4.78 is 5.28. The van der Waals surface area contributed by atoms with Crippen LogP contribution in [0, 0.1) is 5.92 Å². The normalized spacial score (nSPS) is 22.9. The fourth-order valence-electron chi connectivity index (χ4n) is 2.17. The molecular formula is C14H23N3O. The molecule has 2 rings (SSSR count). The highest BCUT2D eigenvalue weighted by Crippen LogP contribution is 2.34. The molecule has 0 aliphatic heterocycles. The van der Waals surface area contributed by atoms with Gasteiger partial charge in [0.1, 0.15) is 12.3 Å². The van der Waals surface area contributed by atoms with Crippen LogP contribution in [0.4, 0.5) is 0 Å². The minimum absolute atomic E-state index is 0.591. The van der Waals surface area contributed by atoms with Crippen molar-refractivity contribution >= 4 is 5.96 Å². The Hall–Kier alpha value is -1.45. The molecule has 0 radical (unpaired) electrons. The van der Waals surface area contributed by atoms with E-state index in [2.05, 4.69) is 29.5 Å². The third-order valence-electron chi connectivity index (χ3n) is 3.22. The predicted octanol–water partition coefficient (Wildman–Crippen LogP) is 2.52. The molecule has 1 aliphatic carbocycles. The van der Waals surface area contributed by atoms with Crippen LogP contribution in [0.5, 0.6) is 0 Å². The Morgan fingerprint density at radius 2 is 2.39 bits per heavy atom. The average Bonchev–Trinajstić information content (AvgIpc) is 2.90. The van der Waals surface area contributed by atoms with Crippen LogP contribution in [0.15, 0.2) is 27.8 Å². The summed E-state index contributed by atoms with van der Waals surface area (Å²) >= 11 is 0. The summed E-state index contributed by atoms with van der Waals surface area (Å²) in [6.45, 7) is 5.80. The highest BCUT2D eigenvalue weighted by atomic mass is 16.3. The largest absolute Gasteiger partial charge is 0.467 e. The molecule has 1 aromatic heterocycles. The molecule has 0 saturated heterocycles. The maximum atomic E-state index is 5.28. The molecule has 1 heterocycles. The van der Waals surface area contributed by atoms with Crippen molar-refractivity contribution in [2.24, 2.45) is 10.9 Å². The second-order valence-electron chi connectivity index (χ2n) is 4.81. The van der Waals surface area contributed by atoms with E-state index in [1.807, 2.05) is 12.1 Å². The standard InChI is InChI=1S/C14H23N3O/c1-3-6-11-9-13(11)17-14(15-4-2)16-10-12-7-5-8-18-12/h5,7-8,11,13H,3-4,6,9-10H2,1-2H3,(H2,15,16,17). The number of aliphatic imine (C=N–C) groups is 1. The molecule has 0 aromatic carbocycles. The van der Waals surface area contributed by atoms with Gasteiger partial charge in [-0.25, -0.2) is 4.99 Å². The van der Waals surface area contributed by atoms with Gasteiger partial charge >= 0.3 is 0 Å². The first kappa shape index (κ1) is 13.0. The fourth-order valence-corrected chi connectivity index (χ4v) is 2.17. The summed E-state index contributed by atoms with van der Waals surface area (Å²) in [4.78, 5) is 4.53. The summed E-state index contributed by atoms with van der Waals surface area (Å²) in [5, 5.41) is 6.76. The van der Waals surface area contributed by atoms with E-state index in [0.29, 0.717) is 12.6 Å². The molecule has 2 atom stereocenters. The van der Waals surface area contributed by atoms with Gasteiger partial charge in [-0.05, 0) is 37.8 Å². The Bertz CT molecular complexity index is 372. The van der Waals surface area contributed by atoms with E-state index in [0.717, 1.165) is 24.2 Å². The van der Waals surface area contributed by atoms with Crippen molar-refractivity contribution in [1.29, 1.82) is 0 Å². The molecule has 1 saturated carbocycles. The topological polar surface area (TPSA) is 49.6 Å². The molecule has 2 unspecified atom stereocenters. The Kier molecular flexibility index (Phi) is 4.67. The maximum Gasteiger partial charge on any atom is 0.191 e. The molecule has 2 N–H and O–H groups in total. The molecule has 0 spiro atoms. The van der Waals surface area contributed by atoms with E-state index in [1.54, 1.807) is 6.26 Å². The highest BCUT2D eigenvalue weighted by Gasteiger charge is 2.36. The van der Waals surface area contributed by atoms with E-state index in [9.17, 15) is 0 Å². The maximum absolute atomic E-state index is 5.28. The first-order valence-corrected chi connectivity index (χ1v) is 6.90. The smallest absolute Gasteiger partial charge is 0.191 e. The van der Waals surface area contributed by atoms with E-state index in [1.165, 1.54) is 19.3 Å². The lowest BCUT2D eigenvalue weighted by molar-refractivity contribution is 0.511. The number of hydrogen-bond donors (Lipinski definition) is 2. The number of nitrogens with one attached hydrogen (secondary N) is 2. The van der Waals surface area contributed by atoms with Crippen LogP contribution >= 0.6 is 0 Å². The van der Waals surface area contributed by atoms with Crippen molar-refractivity contribution in [2.75, 3.05) is 6.54 Å². The summed E-state index contributed by atoms with van der Waals surface area (Å²) in [6.07, 6.45) is 5.54. The van der Waals surface area contributed by atoms with Gasteiger partial charge < -0.3 is 15.1 Å². The van der Waals surface area contributed by atoms with Crippen LogP contribution in [0.25, 0.3) is 0 Å². The van der Waals surface area contributed by atoms with Gasteiger partial charge in [-0.2, -0.15) is 0 Å². The van der Waals surface area contributed by atoms with Gasteiger partial charge in [0, 0.05) is 12.6 Å². The minimum Gasteiger partial charge on any atom is -0.467 e. The molecule has 0 bridgehead atoms. The number of nitrogens with zero attached hydrogens (tertiary/aromatic N) is 1. The van der Waals surface area contributed by atoms with Crippen molar-refractivity contribution in [3.8, 4) is 0 Å². The van der Waals surface area contributed by atoms with E-state index >= 15 is 0 Å². The van der Waals surface area contributed by atoms with Gasteiger partial charge in [0.05, 0.1) is 6.26 Å². The molecule has 0 amide bonds. The van der Waals surface area contributed by atoms with Gasteiger partial charge in [0.2, 0.25) is 0 Å². The van der Waals surface area contributed by atoms with Crippen molar-refractivity contribution in [3.05, 3.63) is 24.2 Å². The molecule has 4 heteroatoms. The number of rotatable bonds is 6. The van der Waals surface area contributed by atoms with Gasteiger partial charge in [-0.1, -0.05) is 13.3 Å². The molecule has 1 aliphatic rings.